The zero-order chi connectivity index (χ0) is 33.2. The Bertz CT molecular complexity index is 2080. The van der Waals surface area contributed by atoms with E-state index in [0.717, 1.165) is 32.2 Å². The summed E-state index contributed by atoms with van der Waals surface area (Å²) in [5.74, 6) is 1.06. The van der Waals surface area contributed by atoms with Crippen molar-refractivity contribution in [1.82, 2.24) is 25.2 Å². The highest BCUT2D eigenvalue weighted by atomic mass is 19.1. The molecule has 2 N–H and O–H groups in total. The van der Waals surface area contributed by atoms with E-state index in [1.54, 1.807) is 0 Å². The monoisotopic (exact) mass is 656 g/mol. The summed E-state index contributed by atoms with van der Waals surface area (Å²) in [5, 5.41) is 15.0. The largest absolute Gasteiger partial charge is 0.508 e. The predicted molar refractivity (Wildman–Crippen MR) is 174 cm³/mol. The molecule has 8 nitrogen and oxygen atoms in total. The molecule has 6 heterocycles. The molecule has 2 aromatic heterocycles. The molecular weight excluding hydrogens is 624 g/mol. The fourth-order valence-corrected chi connectivity index (χ4v) is 8.30. The van der Waals surface area contributed by atoms with Gasteiger partial charge in [0.2, 0.25) is 0 Å². The second kappa shape index (κ2) is 11.5. The van der Waals surface area contributed by atoms with Crippen molar-refractivity contribution < 1.29 is 27.4 Å². The van der Waals surface area contributed by atoms with Crippen molar-refractivity contribution in [2.45, 2.75) is 49.2 Å². The maximum absolute atomic E-state index is 16.9. The highest BCUT2D eigenvalue weighted by Crippen LogP contribution is 2.43. The third-order valence-electron chi connectivity index (χ3n) is 10.4. The molecule has 8 rings (SSSR count). The van der Waals surface area contributed by atoms with Crippen molar-refractivity contribution in [3.63, 3.8) is 0 Å². The lowest BCUT2D eigenvalue weighted by Crippen LogP contribution is -2.59. The second-order valence-electron chi connectivity index (χ2n) is 13.4. The molecule has 0 saturated carbocycles. The lowest BCUT2D eigenvalue weighted by atomic mass is 9.94. The number of pyridine rings is 1. The Morgan fingerprint density at radius 1 is 1.19 bits per heavy atom. The number of halogens is 4. The van der Waals surface area contributed by atoms with Gasteiger partial charge in [-0.2, -0.15) is 9.97 Å². The summed E-state index contributed by atoms with van der Waals surface area (Å²) >= 11 is 0. The van der Waals surface area contributed by atoms with Gasteiger partial charge in [-0.05, 0) is 73.9 Å². The molecular formula is C36H32F4N6O2. The summed E-state index contributed by atoms with van der Waals surface area (Å²) in [6, 6.07) is 5.35. The number of fused-ring (bicyclic) bond motifs is 5. The van der Waals surface area contributed by atoms with E-state index < -0.39 is 22.7 Å². The van der Waals surface area contributed by atoms with Gasteiger partial charge in [0.1, 0.15) is 35.2 Å². The summed E-state index contributed by atoms with van der Waals surface area (Å²) in [7, 11) is 0. The average Bonchev–Trinajstić information content (AvgIpc) is 3.73. The van der Waals surface area contributed by atoms with Gasteiger partial charge in [-0.25, -0.2) is 17.6 Å². The number of benzene rings is 2. The standard InChI is InChI=1S/C36H32F4N6O2/c1-2-25-28(39)5-4-22-12-24(47)13-26(29(22)25)31-30(40)32-27(16-41-31)33(45-18-23-6-8-35(19-45,44-23)9-10-37)43-34(42-32)48-20-36-7-3-11-46(36)17-21(14-36)15-38/h1,4-5,9-10,12-13,15-16,23,44,47H,3,6-8,11,14,17-20H2/b10-9?,21-15-/t23?,35?,36-/m0/s1. The molecule has 2 bridgehead atoms. The first kappa shape index (κ1) is 30.6. The van der Waals surface area contributed by atoms with Crippen LogP contribution in [0.25, 0.3) is 32.9 Å². The van der Waals surface area contributed by atoms with Crippen molar-refractivity contribution in [3.8, 4) is 35.4 Å². The van der Waals surface area contributed by atoms with Gasteiger partial charge >= 0.3 is 6.01 Å². The third kappa shape index (κ3) is 4.87. The van der Waals surface area contributed by atoms with Crippen molar-refractivity contribution in [2.24, 2.45) is 0 Å². The fourth-order valence-electron chi connectivity index (χ4n) is 8.30. The van der Waals surface area contributed by atoms with E-state index in [4.69, 9.17) is 16.1 Å². The van der Waals surface area contributed by atoms with Crippen LogP contribution in [0.4, 0.5) is 23.4 Å². The van der Waals surface area contributed by atoms with Crippen LogP contribution in [-0.4, -0.2) is 74.9 Å². The van der Waals surface area contributed by atoms with Crippen LogP contribution in [0.5, 0.6) is 11.8 Å². The number of ether oxygens (including phenoxy) is 1. The Labute approximate surface area is 274 Å². The first-order valence-corrected chi connectivity index (χ1v) is 16.0. The molecule has 0 radical (unpaired) electrons. The Balaban J connectivity index is 1.28. The van der Waals surface area contributed by atoms with Gasteiger partial charge in [-0.15, -0.1) is 6.42 Å². The molecule has 4 saturated heterocycles. The molecule has 3 atom stereocenters. The molecule has 4 aliphatic heterocycles. The minimum Gasteiger partial charge on any atom is -0.508 e. The van der Waals surface area contributed by atoms with Gasteiger partial charge in [0.05, 0.1) is 34.7 Å². The molecule has 0 spiro atoms. The van der Waals surface area contributed by atoms with Gasteiger partial charge in [0.25, 0.3) is 0 Å². The average molecular weight is 657 g/mol. The third-order valence-corrected chi connectivity index (χ3v) is 10.4. The van der Waals surface area contributed by atoms with Gasteiger partial charge in [0.15, 0.2) is 5.82 Å². The maximum Gasteiger partial charge on any atom is 0.319 e. The van der Waals surface area contributed by atoms with Crippen molar-refractivity contribution >= 4 is 27.5 Å². The number of nitrogens with one attached hydrogen (secondary N) is 1. The summed E-state index contributed by atoms with van der Waals surface area (Å²) in [5.41, 5.74) is -0.608. The number of anilines is 1. The number of piperazine rings is 1. The van der Waals surface area contributed by atoms with Crippen molar-refractivity contribution in [3.05, 3.63) is 72.0 Å². The minimum atomic E-state index is -0.833. The van der Waals surface area contributed by atoms with Crippen LogP contribution in [0.1, 0.15) is 37.7 Å². The van der Waals surface area contributed by atoms with Crippen molar-refractivity contribution in [1.29, 1.82) is 0 Å². The molecule has 48 heavy (non-hydrogen) atoms. The number of aromatic nitrogens is 3. The highest BCUT2D eigenvalue weighted by Gasteiger charge is 2.48. The lowest BCUT2D eigenvalue weighted by molar-refractivity contribution is 0.108. The van der Waals surface area contributed by atoms with Gasteiger partial charge in [0, 0.05) is 42.8 Å². The molecule has 246 valence electrons. The molecule has 4 aliphatic rings. The number of phenols is 1. The number of rotatable bonds is 6. The van der Waals surface area contributed by atoms with E-state index in [9.17, 15) is 18.3 Å². The lowest BCUT2D eigenvalue weighted by Gasteiger charge is -2.40. The topological polar surface area (TPSA) is 86.6 Å². The van der Waals surface area contributed by atoms with Crippen LogP contribution in [0.15, 0.2) is 54.8 Å². The summed E-state index contributed by atoms with van der Waals surface area (Å²) in [6.07, 6.45) is 13.7. The number of hydrogen-bond acceptors (Lipinski definition) is 8. The van der Waals surface area contributed by atoms with Crippen molar-refractivity contribution in [2.75, 3.05) is 37.7 Å². The molecule has 0 aliphatic carbocycles. The highest BCUT2D eigenvalue weighted by molar-refractivity contribution is 6.03. The molecule has 2 aromatic carbocycles. The number of phenolic OH excluding ortho intramolecular Hbond substituents is 1. The molecule has 0 amide bonds. The number of aromatic hydroxyl groups is 1. The normalized spacial score (nSPS) is 26.3. The minimum absolute atomic E-state index is 0.0486. The van der Waals surface area contributed by atoms with E-state index in [2.05, 4.69) is 26.1 Å². The van der Waals surface area contributed by atoms with E-state index in [1.807, 2.05) is 4.90 Å². The summed E-state index contributed by atoms with van der Waals surface area (Å²) < 4.78 is 65.1. The van der Waals surface area contributed by atoms with Gasteiger partial charge < -0.3 is 20.1 Å². The Morgan fingerprint density at radius 2 is 2.06 bits per heavy atom. The van der Waals surface area contributed by atoms with Crippen LogP contribution >= 0.6 is 0 Å². The zero-order valence-electron chi connectivity index (χ0n) is 25.9. The van der Waals surface area contributed by atoms with Crippen LogP contribution in [0, 0.1) is 24.0 Å². The van der Waals surface area contributed by atoms with Crippen LogP contribution in [0.3, 0.4) is 0 Å². The molecule has 12 heteroatoms. The van der Waals surface area contributed by atoms with Crippen LogP contribution < -0.4 is 15.0 Å². The maximum atomic E-state index is 16.9. The fraction of sp³-hybridized carbons (Fsp3) is 0.361. The Hall–Kier alpha value is -4.73. The Kier molecular flexibility index (Phi) is 7.30. The van der Waals surface area contributed by atoms with E-state index in [-0.39, 0.29) is 52.1 Å². The van der Waals surface area contributed by atoms with E-state index >= 15 is 4.39 Å². The zero-order valence-corrected chi connectivity index (χ0v) is 25.9. The van der Waals surface area contributed by atoms with Gasteiger partial charge in [-0.3, -0.25) is 9.88 Å². The first-order chi connectivity index (χ1) is 23.2. The number of hydrogen-bond donors (Lipinski definition) is 2. The van der Waals surface area contributed by atoms with Crippen LogP contribution in [-0.2, 0) is 0 Å². The van der Waals surface area contributed by atoms with E-state index in [0.29, 0.717) is 60.9 Å². The quantitative estimate of drug-likeness (QED) is 0.191. The smallest absolute Gasteiger partial charge is 0.319 e. The summed E-state index contributed by atoms with van der Waals surface area (Å²) in [4.78, 5) is 18.0. The number of terminal acetylenes is 1. The predicted octanol–water partition coefficient (Wildman–Crippen LogP) is 6.07. The molecule has 2 unspecified atom stereocenters. The van der Waals surface area contributed by atoms with Crippen LogP contribution in [0.2, 0.25) is 0 Å². The SMILES string of the molecule is C#Cc1c(F)ccc2cc(O)cc(-c3ncc4c(N5CC6CCC(C=CF)(C5)N6)nc(OC[C@@]56CCCN5C/C(=C\F)C6)nc4c3F)c12. The molecule has 4 fully saturated rings. The van der Waals surface area contributed by atoms with E-state index in [1.165, 1.54) is 36.5 Å². The number of nitrogens with zero attached hydrogens (tertiary/aromatic N) is 5. The van der Waals surface area contributed by atoms with Gasteiger partial charge in [-0.1, -0.05) is 12.0 Å². The second-order valence-corrected chi connectivity index (χ2v) is 13.4. The molecule has 4 aromatic rings. The Morgan fingerprint density at radius 3 is 2.88 bits per heavy atom. The first-order valence-electron chi connectivity index (χ1n) is 16.0. The summed E-state index contributed by atoms with van der Waals surface area (Å²) in [6.45, 7) is 2.41.